The standard InChI is InChI=1S/C20H20Cl2N2O/c21-16-8-4-7-15(17(16)22)19(25)23-18(13-5-2-1-3-6-13)20-11-9-14(24-20)10-12-20/h1-8,14,18,24H,9-12H2,(H,23,25). The minimum absolute atomic E-state index is 0.0767. The van der Waals surface area contributed by atoms with E-state index in [-0.39, 0.29) is 17.5 Å². The molecule has 2 aromatic carbocycles. The van der Waals surface area contributed by atoms with Gasteiger partial charge in [0.2, 0.25) is 0 Å². The molecule has 0 radical (unpaired) electrons. The summed E-state index contributed by atoms with van der Waals surface area (Å²) in [6, 6.07) is 15.8. The molecule has 2 aliphatic rings. The van der Waals surface area contributed by atoms with Crippen molar-refractivity contribution in [2.24, 2.45) is 0 Å². The van der Waals surface area contributed by atoms with Gasteiger partial charge in [-0.2, -0.15) is 0 Å². The highest BCUT2D eigenvalue weighted by Crippen LogP contribution is 2.45. The van der Waals surface area contributed by atoms with Crippen molar-refractivity contribution in [3.8, 4) is 0 Å². The molecule has 3 nitrogen and oxygen atoms in total. The van der Waals surface area contributed by atoms with Crippen LogP contribution in [0.1, 0.15) is 47.6 Å². The van der Waals surface area contributed by atoms with Gasteiger partial charge >= 0.3 is 0 Å². The number of carbonyl (C=O) groups excluding carboxylic acids is 1. The molecule has 0 aromatic heterocycles. The van der Waals surface area contributed by atoms with Crippen LogP contribution in [0.25, 0.3) is 0 Å². The zero-order valence-electron chi connectivity index (χ0n) is 13.8. The van der Waals surface area contributed by atoms with Crippen LogP contribution in [0.4, 0.5) is 0 Å². The molecule has 0 aliphatic carbocycles. The molecule has 2 aliphatic heterocycles. The zero-order chi connectivity index (χ0) is 17.4. The van der Waals surface area contributed by atoms with Crippen molar-refractivity contribution in [3.63, 3.8) is 0 Å². The molecule has 0 spiro atoms. The summed E-state index contributed by atoms with van der Waals surface area (Å²) in [6.07, 6.45) is 4.47. The Bertz CT molecular complexity index is 786. The third-order valence-electron chi connectivity index (χ3n) is 5.53. The molecule has 2 bridgehead atoms. The monoisotopic (exact) mass is 374 g/mol. The van der Waals surface area contributed by atoms with E-state index in [0.717, 1.165) is 31.2 Å². The van der Waals surface area contributed by atoms with Crippen LogP contribution < -0.4 is 10.6 Å². The van der Waals surface area contributed by atoms with Crippen LogP contribution in [0.5, 0.6) is 0 Å². The maximum Gasteiger partial charge on any atom is 0.253 e. The molecule has 25 heavy (non-hydrogen) atoms. The summed E-state index contributed by atoms with van der Waals surface area (Å²) in [5, 5.41) is 7.68. The SMILES string of the molecule is O=C(NC(c1ccccc1)C12CCC(CC1)N2)c1cccc(Cl)c1Cl. The molecule has 4 rings (SSSR count). The van der Waals surface area contributed by atoms with Gasteiger partial charge < -0.3 is 10.6 Å². The van der Waals surface area contributed by atoms with Crippen LogP contribution in [0.15, 0.2) is 48.5 Å². The smallest absolute Gasteiger partial charge is 0.253 e. The average Bonchev–Trinajstić information content (AvgIpc) is 3.24. The Morgan fingerprint density at radius 2 is 1.80 bits per heavy atom. The lowest BCUT2D eigenvalue weighted by Crippen LogP contribution is -2.50. The van der Waals surface area contributed by atoms with E-state index in [1.807, 2.05) is 18.2 Å². The second kappa shape index (κ2) is 6.64. The number of nitrogens with one attached hydrogen (secondary N) is 2. The molecule has 2 N–H and O–H groups in total. The normalized spacial score (nSPS) is 25.8. The van der Waals surface area contributed by atoms with Gasteiger partial charge in [-0.3, -0.25) is 4.79 Å². The molecule has 0 saturated carbocycles. The fourth-order valence-corrected chi connectivity index (χ4v) is 4.66. The maximum atomic E-state index is 12.9. The van der Waals surface area contributed by atoms with Crippen LogP contribution in [-0.4, -0.2) is 17.5 Å². The topological polar surface area (TPSA) is 41.1 Å². The summed E-state index contributed by atoms with van der Waals surface area (Å²) in [5.74, 6) is -0.187. The minimum atomic E-state index is -0.187. The highest BCUT2D eigenvalue weighted by atomic mass is 35.5. The number of carbonyl (C=O) groups is 1. The van der Waals surface area contributed by atoms with E-state index in [9.17, 15) is 4.79 Å². The quantitative estimate of drug-likeness (QED) is 0.810. The minimum Gasteiger partial charge on any atom is -0.343 e. The Kier molecular flexibility index (Phi) is 4.48. The Morgan fingerprint density at radius 1 is 1.08 bits per heavy atom. The summed E-state index contributed by atoms with van der Waals surface area (Å²) in [7, 11) is 0. The molecular formula is C20H20Cl2N2O. The van der Waals surface area contributed by atoms with Crippen LogP contribution in [0, 0.1) is 0 Å². The van der Waals surface area contributed by atoms with Crippen LogP contribution >= 0.6 is 23.2 Å². The first-order chi connectivity index (χ1) is 12.1. The largest absolute Gasteiger partial charge is 0.343 e. The van der Waals surface area contributed by atoms with Crippen molar-refractivity contribution in [2.75, 3.05) is 0 Å². The molecule has 2 aromatic rings. The van der Waals surface area contributed by atoms with Crippen LogP contribution in [-0.2, 0) is 0 Å². The molecule has 1 atom stereocenters. The Hall–Kier alpha value is -1.55. The zero-order valence-corrected chi connectivity index (χ0v) is 15.3. The molecule has 1 unspecified atom stereocenters. The van der Waals surface area contributed by atoms with Crippen molar-refractivity contribution < 1.29 is 4.79 Å². The number of hydrogen-bond donors (Lipinski definition) is 2. The Labute approximate surface area is 157 Å². The summed E-state index contributed by atoms with van der Waals surface area (Å²) in [4.78, 5) is 12.9. The predicted molar refractivity (Wildman–Crippen MR) is 101 cm³/mol. The van der Waals surface area contributed by atoms with Gasteiger partial charge in [0.25, 0.3) is 5.91 Å². The summed E-state index contributed by atoms with van der Waals surface area (Å²) in [6.45, 7) is 0. The maximum absolute atomic E-state index is 12.9. The van der Waals surface area contributed by atoms with E-state index in [1.54, 1.807) is 18.2 Å². The van der Waals surface area contributed by atoms with Gasteiger partial charge in [-0.25, -0.2) is 0 Å². The predicted octanol–water partition coefficient (Wildman–Crippen LogP) is 4.75. The third-order valence-corrected chi connectivity index (χ3v) is 6.35. The van der Waals surface area contributed by atoms with E-state index in [1.165, 1.54) is 0 Å². The lowest BCUT2D eigenvalue weighted by atomic mass is 9.78. The summed E-state index contributed by atoms with van der Waals surface area (Å²) < 4.78 is 0. The fraction of sp³-hybridized carbons (Fsp3) is 0.350. The average molecular weight is 375 g/mol. The number of halogens is 2. The fourth-order valence-electron chi connectivity index (χ4n) is 4.27. The second-order valence-corrected chi connectivity index (χ2v) is 7.78. The third kappa shape index (κ3) is 3.05. The number of fused-ring (bicyclic) bond motifs is 2. The first-order valence-electron chi connectivity index (χ1n) is 8.67. The molecule has 2 saturated heterocycles. The lowest BCUT2D eigenvalue weighted by molar-refractivity contribution is 0.0907. The van der Waals surface area contributed by atoms with Crippen molar-refractivity contribution >= 4 is 29.1 Å². The Morgan fingerprint density at radius 3 is 2.44 bits per heavy atom. The van der Waals surface area contributed by atoms with E-state index in [0.29, 0.717) is 21.7 Å². The summed E-state index contributed by atoms with van der Waals surface area (Å²) >= 11 is 12.3. The van der Waals surface area contributed by atoms with Gasteiger partial charge in [-0.15, -0.1) is 0 Å². The molecular weight excluding hydrogens is 355 g/mol. The van der Waals surface area contributed by atoms with Crippen molar-refractivity contribution in [1.29, 1.82) is 0 Å². The number of amides is 1. The van der Waals surface area contributed by atoms with Gasteiger partial charge in [0.15, 0.2) is 0 Å². The highest BCUT2D eigenvalue weighted by molar-refractivity contribution is 6.43. The number of hydrogen-bond acceptors (Lipinski definition) is 2. The summed E-state index contributed by atoms with van der Waals surface area (Å²) in [5.41, 5.74) is 1.45. The van der Waals surface area contributed by atoms with E-state index >= 15 is 0 Å². The van der Waals surface area contributed by atoms with Gasteiger partial charge in [-0.05, 0) is 43.4 Å². The highest BCUT2D eigenvalue weighted by Gasteiger charge is 2.50. The molecule has 2 fully saturated rings. The van der Waals surface area contributed by atoms with Crippen molar-refractivity contribution in [1.82, 2.24) is 10.6 Å². The van der Waals surface area contributed by atoms with Crippen LogP contribution in [0.3, 0.4) is 0 Å². The Balaban J connectivity index is 1.67. The molecule has 130 valence electrons. The van der Waals surface area contributed by atoms with E-state index < -0.39 is 0 Å². The molecule has 5 heteroatoms. The van der Waals surface area contributed by atoms with Crippen molar-refractivity contribution in [2.45, 2.75) is 43.3 Å². The second-order valence-electron chi connectivity index (χ2n) is 6.99. The first kappa shape index (κ1) is 16.9. The van der Waals surface area contributed by atoms with E-state index in [2.05, 4.69) is 22.8 Å². The molecule has 1 amide bonds. The van der Waals surface area contributed by atoms with Gasteiger partial charge in [0.05, 0.1) is 21.7 Å². The number of rotatable bonds is 4. The lowest BCUT2D eigenvalue weighted by Gasteiger charge is -2.36. The van der Waals surface area contributed by atoms with E-state index in [4.69, 9.17) is 23.2 Å². The van der Waals surface area contributed by atoms with Crippen molar-refractivity contribution in [3.05, 3.63) is 69.7 Å². The van der Waals surface area contributed by atoms with Gasteiger partial charge in [-0.1, -0.05) is 59.6 Å². The van der Waals surface area contributed by atoms with Crippen LogP contribution in [0.2, 0.25) is 10.0 Å². The van der Waals surface area contributed by atoms with Gasteiger partial charge in [0, 0.05) is 11.6 Å². The molecule has 2 heterocycles. The first-order valence-corrected chi connectivity index (χ1v) is 9.42. The van der Waals surface area contributed by atoms with Gasteiger partial charge in [0.1, 0.15) is 0 Å². The number of benzene rings is 2.